The quantitative estimate of drug-likeness (QED) is 0.673. The number of halogens is 2. The van der Waals surface area contributed by atoms with Crippen molar-refractivity contribution in [3.05, 3.63) is 47.6 Å². The maximum absolute atomic E-state index is 14.1. The summed E-state index contributed by atoms with van der Waals surface area (Å²) in [5.41, 5.74) is 7.26. The second-order valence-corrected chi connectivity index (χ2v) is 5.32. The van der Waals surface area contributed by atoms with Crippen LogP contribution in [0.5, 0.6) is 0 Å². The highest BCUT2D eigenvalue weighted by molar-refractivity contribution is 6.07. The van der Waals surface area contributed by atoms with Crippen molar-refractivity contribution in [1.29, 1.82) is 0 Å². The monoisotopic (exact) mass is 303 g/mol. The molecule has 0 saturated heterocycles. The molecule has 2 aromatic heterocycles. The van der Waals surface area contributed by atoms with Crippen molar-refractivity contribution in [3.63, 3.8) is 0 Å². The van der Waals surface area contributed by atoms with Gasteiger partial charge in [-0.15, -0.1) is 0 Å². The van der Waals surface area contributed by atoms with E-state index in [0.717, 1.165) is 19.0 Å². The molecule has 5 nitrogen and oxygen atoms in total. The molecular weight excluding hydrogens is 288 g/mol. The van der Waals surface area contributed by atoms with Crippen molar-refractivity contribution in [2.24, 2.45) is 16.6 Å². The molecule has 1 aliphatic rings. The van der Waals surface area contributed by atoms with Crippen molar-refractivity contribution >= 4 is 16.7 Å². The van der Waals surface area contributed by atoms with Crippen molar-refractivity contribution in [1.82, 2.24) is 15.2 Å². The van der Waals surface area contributed by atoms with Gasteiger partial charge in [-0.05, 0) is 37.3 Å². The summed E-state index contributed by atoms with van der Waals surface area (Å²) in [5.74, 6) is -1.15. The minimum Gasteiger partial charge on any atom is -0.381 e. The van der Waals surface area contributed by atoms with Gasteiger partial charge in [-0.25, -0.2) is 18.8 Å². The summed E-state index contributed by atoms with van der Waals surface area (Å²) >= 11 is 0. The van der Waals surface area contributed by atoms with Crippen molar-refractivity contribution in [3.8, 4) is 0 Å². The summed E-state index contributed by atoms with van der Waals surface area (Å²) in [7, 11) is 0. The molecule has 1 saturated carbocycles. The van der Waals surface area contributed by atoms with E-state index in [9.17, 15) is 8.78 Å². The second kappa shape index (κ2) is 5.32. The third-order valence-electron chi connectivity index (χ3n) is 3.59. The Morgan fingerprint density at radius 2 is 2.23 bits per heavy atom. The molecule has 0 radical (unpaired) electrons. The molecule has 0 spiro atoms. The Morgan fingerprint density at radius 3 is 2.91 bits per heavy atom. The first-order valence-electron chi connectivity index (χ1n) is 6.87. The minimum atomic E-state index is -0.592. The molecule has 3 N–H and O–H groups in total. The number of aromatic nitrogens is 3. The summed E-state index contributed by atoms with van der Waals surface area (Å²) in [6.07, 6.45) is 2.94. The van der Waals surface area contributed by atoms with E-state index in [1.54, 1.807) is 6.92 Å². The number of hydrogen-bond donors (Lipinski definition) is 2. The van der Waals surface area contributed by atoms with E-state index in [2.05, 4.69) is 26.8 Å². The molecular formula is C15H15F2N5. The molecule has 0 bridgehead atoms. The topological polar surface area (TPSA) is 80.0 Å². The van der Waals surface area contributed by atoms with E-state index in [-0.39, 0.29) is 11.7 Å². The first-order valence-corrected chi connectivity index (χ1v) is 6.87. The van der Waals surface area contributed by atoms with Gasteiger partial charge in [0.25, 0.3) is 0 Å². The summed E-state index contributed by atoms with van der Waals surface area (Å²) in [6.45, 7) is 5.33. The third kappa shape index (κ3) is 2.61. The number of rotatable bonds is 4. The number of hydrogen-bond acceptors (Lipinski definition) is 4. The summed E-state index contributed by atoms with van der Waals surface area (Å²) < 4.78 is 27.4. The van der Waals surface area contributed by atoms with Crippen LogP contribution >= 0.6 is 0 Å². The van der Waals surface area contributed by atoms with Crippen molar-refractivity contribution < 1.29 is 8.78 Å². The third-order valence-corrected chi connectivity index (χ3v) is 3.59. The Bertz CT molecular complexity index is 814. The lowest BCUT2D eigenvalue weighted by atomic mass is 10.1. The zero-order valence-electron chi connectivity index (χ0n) is 12.0. The molecule has 3 rings (SSSR count). The molecule has 0 aliphatic heterocycles. The van der Waals surface area contributed by atoms with Crippen LogP contribution in [-0.4, -0.2) is 20.9 Å². The van der Waals surface area contributed by atoms with Crippen LogP contribution in [0.1, 0.15) is 25.5 Å². The van der Waals surface area contributed by atoms with Gasteiger partial charge < -0.3 is 5.73 Å². The zero-order chi connectivity index (χ0) is 15.9. The van der Waals surface area contributed by atoms with Gasteiger partial charge in [0.15, 0.2) is 17.3 Å². The van der Waals surface area contributed by atoms with Crippen molar-refractivity contribution in [2.75, 3.05) is 0 Å². The number of allylic oxidation sites excluding steroid dienone is 2. The predicted octanol–water partition coefficient (Wildman–Crippen LogP) is 2.97. The average molecular weight is 303 g/mol. The first-order chi connectivity index (χ1) is 10.5. The van der Waals surface area contributed by atoms with Crippen LogP contribution < -0.4 is 5.73 Å². The fraction of sp³-hybridized carbons (Fsp3) is 0.267. The lowest BCUT2D eigenvalue weighted by molar-refractivity contribution is 0.620. The van der Waals surface area contributed by atoms with Crippen LogP contribution in [-0.2, 0) is 0 Å². The molecule has 0 atom stereocenters. The highest BCUT2D eigenvalue weighted by Gasteiger charge is 2.28. The van der Waals surface area contributed by atoms with Gasteiger partial charge in [-0.1, -0.05) is 6.58 Å². The molecule has 2 heterocycles. The van der Waals surface area contributed by atoms with Gasteiger partial charge in [-0.3, -0.25) is 5.10 Å². The number of aromatic amines is 1. The zero-order valence-corrected chi connectivity index (χ0v) is 12.0. The number of nitrogens with two attached hydrogens (primary N) is 1. The first kappa shape index (κ1) is 14.4. The van der Waals surface area contributed by atoms with Gasteiger partial charge in [0.05, 0.1) is 17.3 Å². The highest BCUT2D eigenvalue weighted by Crippen LogP contribution is 2.39. The van der Waals surface area contributed by atoms with Crippen LogP contribution in [0.25, 0.3) is 11.0 Å². The van der Waals surface area contributed by atoms with E-state index >= 15 is 0 Å². The lowest BCUT2D eigenvalue weighted by Gasteiger charge is -2.03. The predicted molar refractivity (Wildman–Crippen MR) is 80.2 cm³/mol. The van der Waals surface area contributed by atoms with Crippen LogP contribution in [0.2, 0.25) is 0 Å². The Kier molecular flexibility index (Phi) is 3.48. The Morgan fingerprint density at radius 1 is 1.50 bits per heavy atom. The summed E-state index contributed by atoms with van der Waals surface area (Å²) in [6, 6.07) is 1.29. The van der Waals surface area contributed by atoms with Gasteiger partial charge >= 0.3 is 0 Å². The van der Waals surface area contributed by atoms with Crippen LogP contribution in [0.4, 0.5) is 8.78 Å². The fourth-order valence-electron chi connectivity index (χ4n) is 2.21. The van der Waals surface area contributed by atoms with Crippen LogP contribution in [0.15, 0.2) is 41.1 Å². The number of nitrogens with one attached hydrogen (secondary N) is 1. The highest BCUT2D eigenvalue weighted by atomic mass is 19.1. The number of nitrogens with zero attached hydrogens (tertiary/aromatic N) is 3. The van der Waals surface area contributed by atoms with Crippen LogP contribution in [0.3, 0.4) is 0 Å². The van der Waals surface area contributed by atoms with E-state index in [4.69, 9.17) is 5.73 Å². The Balaban J connectivity index is 1.97. The average Bonchev–Trinajstić information content (AvgIpc) is 3.25. The minimum absolute atomic E-state index is 0.165. The molecule has 22 heavy (non-hydrogen) atoms. The molecule has 0 aromatic carbocycles. The van der Waals surface area contributed by atoms with E-state index in [1.807, 2.05) is 0 Å². The van der Waals surface area contributed by atoms with Crippen molar-refractivity contribution in [2.45, 2.75) is 19.8 Å². The summed E-state index contributed by atoms with van der Waals surface area (Å²) in [4.78, 5) is 7.91. The lowest BCUT2D eigenvalue weighted by Crippen LogP contribution is -2.05. The maximum Gasteiger partial charge on any atom is 0.168 e. The Hall–Kier alpha value is -2.57. The maximum atomic E-state index is 14.1. The number of H-pyrrole nitrogens is 1. The molecule has 0 amide bonds. The molecule has 2 aromatic rings. The Labute approximate surface area is 125 Å². The largest absolute Gasteiger partial charge is 0.381 e. The van der Waals surface area contributed by atoms with Gasteiger partial charge in [0.2, 0.25) is 0 Å². The number of fused-ring (bicyclic) bond motifs is 1. The molecule has 7 heteroatoms. The second-order valence-electron chi connectivity index (χ2n) is 5.32. The number of pyridine rings is 1. The summed E-state index contributed by atoms with van der Waals surface area (Å²) in [5, 5.41) is 7.17. The van der Waals surface area contributed by atoms with Gasteiger partial charge in [0, 0.05) is 0 Å². The number of aliphatic imine (C=N–C) groups is 1. The fourth-order valence-corrected chi connectivity index (χ4v) is 2.21. The standard InChI is InChI=1S/C15H15F2N5/c1-7(9-3-4-9)12(17)14(18)20-8(2)13-11-5-10(16)6-19-15(11)22-21-13/h5-6,9H,1,3-4,18H2,2H3,(H,19,21,22)/b14-12+,20-8+. The van der Waals surface area contributed by atoms with E-state index < -0.39 is 11.6 Å². The van der Waals surface area contributed by atoms with E-state index in [0.29, 0.717) is 28.0 Å². The molecule has 114 valence electrons. The van der Waals surface area contributed by atoms with Crippen LogP contribution in [0, 0.1) is 11.7 Å². The van der Waals surface area contributed by atoms with Gasteiger partial charge in [0.1, 0.15) is 11.5 Å². The molecule has 0 unspecified atom stereocenters. The van der Waals surface area contributed by atoms with E-state index in [1.165, 1.54) is 6.07 Å². The SMILES string of the molecule is C=C(/C(F)=C(N)\N=C(/C)c1n[nH]c2ncc(F)cc12)C1CC1. The molecule has 1 aliphatic carbocycles. The van der Waals surface area contributed by atoms with Gasteiger partial charge in [-0.2, -0.15) is 5.10 Å². The molecule has 1 fully saturated rings. The normalized spacial score (nSPS) is 16.8. The smallest absolute Gasteiger partial charge is 0.168 e.